The van der Waals surface area contributed by atoms with Crippen LogP contribution >= 0.6 is 0 Å². The molecule has 84 valence electrons. The van der Waals surface area contributed by atoms with E-state index in [0.29, 0.717) is 19.5 Å². The van der Waals surface area contributed by atoms with Gasteiger partial charge < -0.3 is 9.84 Å². The summed E-state index contributed by atoms with van der Waals surface area (Å²) >= 11 is 0. The number of aliphatic hydroxyl groups excluding tert-OH is 1. The Kier molecular flexibility index (Phi) is 4.15. The highest BCUT2D eigenvalue weighted by Gasteiger charge is 2.43. The van der Waals surface area contributed by atoms with Crippen molar-refractivity contribution in [2.45, 2.75) is 18.7 Å². The van der Waals surface area contributed by atoms with E-state index < -0.39 is 12.3 Å². The average molecular weight is 213 g/mol. The third-order valence-electron chi connectivity index (χ3n) is 2.15. The molecule has 0 aromatic rings. The van der Waals surface area contributed by atoms with Gasteiger partial charge in [0.1, 0.15) is 0 Å². The minimum atomic E-state index is -4.28. The highest BCUT2D eigenvalue weighted by molar-refractivity contribution is 4.76. The second kappa shape index (κ2) is 4.95. The summed E-state index contributed by atoms with van der Waals surface area (Å²) in [7, 11) is 0. The summed E-state index contributed by atoms with van der Waals surface area (Å²) in [4.78, 5) is 1.66. The Morgan fingerprint density at radius 2 is 2.14 bits per heavy atom. The molecule has 0 aromatic heterocycles. The summed E-state index contributed by atoms with van der Waals surface area (Å²) in [6, 6.07) is 0. The standard InChI is InChI=1S/C8H14F3NO2/c9-8(10,11)7-6-12(2-1-4-13)3-5-14-7/h7,13H,1-6H2. The van der Waals surface area contributed by atoms with Crippen molar-refractivity contribution >= 4 is 0 Å². The topological polar surface area (TPSA) is 32.7 Å². The van der Waals surface area contributed by atoms with Crippen molar-refractivity contribution in [1.29, 1.82) is 0 Å². The van der Waals surface area contributed by atoms with Crippen LogP contribution in [0.3, 0.4) is 0 Å². The maximum absolute atomic E-state index is 12.2. The Hall–Kier alpha value is -0.330. The molecule has 1 rings (SSSR count). The van der Waals surface area contributed by atoms with Gasteiger partial charge in [0.25, 0.3) is 0 Å². The van der Waals surface area contributed by atoms with Crippen molar-refractivity contribution in [1.82, 2.24) is 4.90 Å². The zero-order valence-corrected chi connectivity index (χ0v) is 7.76. The summed E-state index contributed by atoms with van der Waals surface area (Å²) in [5, 5.41) is 8.54. The molecule has 1 N–H and O–H groups in total. The van der Waals surface area contributed by atoms with E-state index in [2.05, 4.69) is 4.74 Å². The number of hydrogen-bond acceptors (Lipinski definition) is 3. The number of alkyl halides is 3. The van der Waals surface area contributed by atoms with Crippen LogP contribution in [0.5, 0.6) is 0 Å². The predicted octanol–water partition coefficient (Wildman–Crippen LogP) is 0.632. The van der Waals surface area contributed by atoms with Gasteiger partial charge in [0, 0.05) is 26.2 Å². The van der Waals surface area contributed by atoms with Crippen LogP contribution in [-0.4, -0.2) is 55.1 Å². The monoisotopic (exact) mass is 213 g/mol. The lowest BCUT2D eigenvalue weighted by Crippen LogP contribution is -2.49. The number of ether oxygens (including phenoxy) is 1. The lowest BCUT2D eigenvalue weighted by molar-refractivity contribution is -0.237. The maximum atomic E-state index is 12.2. The Balaban J connectivity index is 2.36. The predicted molar refractivity (Wildman–Crippen MR) is 43.9 cm³/mol. The normalized spacial score (nSPS) is 25.3. The average Bonchev–Trinajstić information content (AvgIpc) is 2.14. The molecule has 1 atom stereocenters. The van der Waals surface area contributed by atoms with Gasteiger partial charge in [0.2, 0.25) is 0 Å². The Bertz CT molecular complexity index is 174. The Labute approximate surface area is 80.5 Å². The van der Waals surface area contributed by atoms with E-state index in [1.54, 1.807) is 4.90 Å². The molecule has 3 nitrogen and oxygen atoms in total. The summed E-state index contributed by atoms with van der Waals surface area (Å²) < 4.78 is 41.3. The fourth-order valence-corrected chi connectivity index (χ4v) is 1.40. The van der Waals surface area contributed by atoms with Gasteiger partial charge in [-0.2, -0.15) is 13.2 Å². The van der Waals surface area contributed by atoms with E-state index in [9.17, 15) is 13.2 Å². The van der Waals surface area contributed by atoms with E-state index in [0.717, 1.165) is 0 Å². The number of nitrogens with zero attached hydrogens (tertiary/aromatic N) is 1. The molecular formula is C8H14F3NO2. The van der Waals surface area contributed by atoms with Gasteiger partial charge in [-0.05, 0) is 6.42 Å². The molecule has 0 bridgehead atoms. The van der Waals surface area contributed by atoms with Gasteiger partial charge in [-0.1, -0.05) is 0 Å². The van der Waals surface area contributed by atoms with Gasteiger partial charge in [-0.15, -0.1) is 0 Å². The molecule has 6 heteroatoms. The summed E-state index contributed by atoms with van der Waals surface area (Å²) in [6.45, 7) is 0.992. The number of halogens is 3. The van der Waals surface area contributed by atoms with Crippen molar-refractivity contribution in [3.8, 4) is 0 Å². The molecule has 0 amide bonds. The minimum Gasteiger partial charge on any atom is -0.396 e. The van der Waals surface area contributed by atoms with Crippen LogP contribution in [0.4, 0.5) is 13.2 Å². The van der Waals surface area contributed by atoms with Crippen molar-refractivity contribution < 1.29 is 23.0 Å². The first-order chi connectivity index (χ1) is 6.54. The van der Waals surface area contributed by atoms with Crippen LogP contribution in [0.1, 0.15) is 6.42 Å². The molecule has 1 aliphatic rings. The minimum absolute atomic E-state index is 0.00798. The van der Waals surface area contributed by atoms with Crippen molar-refractivity contribution in [3.63, 3.8) is 0 Å². The first kappa shape index (κ1) is 11.7. The van der Waals surface area contributed by atoms with Crippen LogP contribution in [0.25, 0.3) is 0 Å². The SMILES string of the molecule is OCCCN1CCOC(C(F)(F)F)C1. The molecule has 1 unspecified atom stereocenters. The highest BCUT2D eigenvalue weighted by atomic mass is 19.4. The number of aliphatic hydroxyl groups is 1. The van der Waals surface area contributed by atoms with Crippen molar-refractivity contribution in [2.75, 3.05) is 32.8 Å². The first-order valence-corrected chi connectivity index (χ1v) is 4.55. The smallest absolute Gasteiger partial charge is 0.396 e. The fraction of sp³-hybridized carbons (Fsp3) is 1.00. The van der Waals surface area contributed by atoms with Crippen LogP contribution < -0.4 is 0 Å². The second-order valence-corrected chi connectivity index (χ2v) is 3.28. The third kappa shape index (κ3) is 3.43. The van der Waals surface area contributed by atoms with Crippen molar-refractivity contribution in [3.05, 3.63) is 0 Å². The Morgan fingerprint density at radius 1 is 1.43 bits per heavy atom. The lowest BCUT2D eigenvalue weighted by Gasteiger charge is -2.33. The van der Waals surface area contributed by atoms with E-state index in [4.69, 9.17) is 5.11 Å². The quantitative estimate of drug-likeness (QED) is 0.746. The first-order valence-electron chi connectivity index (χ1n) is 4.55. The van der Waals surface area contributed by atoms with Gasteiger partial charge in [0.05, 0.1) is 6.61 Å². The van der Waals surface area contributed by atoms with Crippen molar-refractivity contribution in [2.24, 2.45) is 0 Å². The van der Waals surface area contributed by atoms with Crippen LogP contribution in [-0.2, 0) is 4.74 Å². The van der Waals surface area contributed by atoms with Gasteiger partial charge in [0.15, 0.2) is 6.10 Å². The fourth-order valence-electron chi connectivity index (χ4n) is 1.40. The van der Waals surface area contributed by atoms with Gasteiger partial charge in [-0.25, -0.2) is 0 Å². The molecule has 14 heavy (non-hydrogen) atoms. The van der Waals surface area contributed by atoms with E-state index in [1.807, 2.05) is 0 Å². The lowest BCUT2D eigenvalue weighted by atomic mass is 10.2. The maximum Gasteiger partial charge on any atom is 0.415 e. The molecule has 0 saturated carbocycles. The van der Waals surface area contributed by atoms with E-state index in [-0.39, 0.29) is 19.8 Å². The van der Waals surface area contributed by atoms with Crippen LogP contribution in [0.15, 0.2) is 0 Å². The number of hydrogen-bond donors (Lipinski definition) is 1. The third-order valence-corrected chi connectivity index (χ3v) is 2.15. The molecular weight excluding hydrogens is 199 g/mol. The summed E-state index contributed by atoms with van der Waals surface area (Å²) in [5.74, 6) is 0. The zero-order chi connectivity index (χ0) is 10.6. The molecule has 1 heterocycles. The molecule has 1 saturated heterocycles. The Morgan fingerprint density at radius 3 is 2.71 bits per heavy atom. The number of morpholine rings is 1. The van der Waals surface area contributed by atoms with E-state index >= 15 is 0 Å². The largest absolute Gasteiger partial charge is 0.415 e. The second-order valence-electron chi connectivity index (χ2n) is 3.28. The summed E-state index contributed by atoms with van der Waals surface area (Å²) in [5.41, 5.74) is 0. The molecule has 1 aliphatic heterocycles. The van der Waals surface area contributed by atoms with Crippen LogP contribution in [0, 0.1) is 0 Å². The van der Waals surface area contributed by atoms with Gasteiger partial charge >= 0.3 is 6.18 Å². The molecule has 0 aliphatic carbocycles. The number of rotatable bonds is 3. The highest BCUT2D eigenvalue weighted by Crippen LogP contribution is 2.25. The zero-order valence-electron chi connectivity index (χ0n) is 7.76. The molecule has 0 aromatic carbocycles. The van der Waals surface area contributed by atoms with Gasteiger partial charge in [-0.3, -0.25) is 4.90 Å². The van der Waals surface area contributed by atoms with E-state index in [1.165, 1.54) is 0 Å². The molecule has 0 radical (unpaired) electrons. The summed E-state index contributed by atoms with van der Waals surface area (Å²) in [6.07, 6.45) is -5.45. The molecule has 0 spiro atoms. The molecule has 1 fully saturated rings. The van der Waals surface area contributed by atoms with Crippen LogP contribution in [0.2, 0.25) is 0 Å².